The summed E-state index contributed by atoms with van der Waals surface area (Å²) in [5.41, 5.74) is 4.67. The summed E-state index contributed by atoms with van der Waals surface area (Å²) in [6, 6.07) is 27.2. The number of nitriles is 1. The van der Waals surface area contributed by atoms with Crippen molar-refractivity contribution < 1.29 is 9.59 Å². The molecule has 1 N–H and O–H groups in total. The van der Waals surface area contributed by atoms with Crippen LogP contribution in [0.1, 0.15) is 43.4 Å². The van der Waals surface area contributed by atoms with E-state index in [4.69, 9.17) is 0 Å². The first kappa shape index (κ1) is 26.2. The zero-order valence-electron chi connectivity index (χ0n) is 21.2. The van der Waals surface area contributed by atoms with E-state index in [0.29, 0.717) is 22.8 Å². The molecule has 0 spiro atoms. The second-order valence-corrected chi connectivity index (χ2v) is 10.2. The average Bonchev–Trinajstić information content (AvgIpc) is 3.24. The van der Waals surface area contributed by atoms with E-state index in [1.54, 1.807) is 12.1 Å². The molecule has 3 aromatic rings. The van der Waals surface area contributed by atoms with Gasteiger partial charge in [-0.1, -0.05) is 86.6 Å². The van der Waals surface area contributed by atoms with E-state index in [1.165, 1.54) is 22.2 Å². The monoisotopic (exact) mass is 509 g/mol. The van der Waals surface area contributed by atoms with Crippen molar-refractivity contribution in [2.24, 2.45) is 0 Å². The fourth-order valence-corrected chi connectivity index (χ4v) is 5.56. The summed E-state index contributed by atoms with van der Waals surface area (Å²) in [5, 5.41) is 12.8. The molecule has 2 amide bonds. The molecule has 0 bridgehead atoms. The number of carbonyl (C=O) groups is 2. The number of para-hydroxylation sites is 1. The molecule has 1 heterocycles. The lowest BCUT2D eigenvalue weighted by atomic mass is 10.0. The Balaban J connectivity index is 1.66. The number of anilines is 2. The summed E-state index contributed by atoms with van der Waals surface area (Å²) in [5.74, 6) is -0.653. The molecule has 0 saturated carbocycles. The Bertz CT molecular complexity index is 1310. The highest BCUT2D eigenvalue weighted by atomic mass is 32.2. The maximum atomic E-state index is 13.7. The molecule has 1 saturated heterocycles. The number of carbonyl (C=O) groups excluding carboxylic acids is 2. The zero-order chi connectivity index (χ0) is 26.2. The molecule has 1 aliphatic heterocycles. The molecule has 188 valence electrons. The van der Waals surface area contributed by atoms with Crippen LogP contribution in [0.4, 0.5) is 11.4 Å². The highest BCUT2D eigenvalue weighted by Crippen LogP contribution is 2.42. The number of thioether (sulfide) groups is 1. The van der Waals surface area contributed by atoms with Crippen molar-refractivity contribution >= 4 is 35.0 Å². The van der Waals surface area contributed by atoms with Gasteiger partial charge in [-0.25, -0.2) is 0 Å². The van der Waals surface area contributed by atoms with E-state index in [2.05, 4.69) is 49.5 Å². The van der Waals surface area contributed by atoms with Crippen molar-refractivity contribution in [1.82, 2.24) is 0 Å². The van der Waals surface area contributed by atoms with E-state index in [0.717, 1.165) is 36.8 Å². The van der Waals surface area contributed by atoms with Crippen LogP contribution in [-0.2, 0) is 28.9 Å². The standard InChI is InChI=1S/C31H31N3O2S/c1-3-5-9-23-12-14-24(15-13-23)20-28-30(36)34(26-18-16-22(4-2)17-19-26)31(37-28)27(21-32)29(35)33-25-10-7-6-8-11-25/h6-8,10-19,28H,3-5,9,20H2,1-2H3,(H,33,35)/b31-27-. The quantitative estimate of drug-likeness (QED) is 0.259. The minimum absolute atomic E-state index is 0.0702. The fraction of sp³-hybridized carbons (Fsp3) is 0.258. The molecule has 4 rings (SSSR count). The maximum absolute atomic E-state index is 13.7. The van der Waals surface area contributed by atoms with Crippen LogP contribution in [0.5, 0.6) is 0 Å². The molecular formula is C31H31N3O2S. The lowest BCUT2D eigenvalue weighted by Gasteiger charge is -2.19. The van der Waals surface area contributed by atoms with Crippen LogP contribution in [0.3, 0.4) is 0 Å². The highest BCUT2D eigenvalue weighted by Gasteiger charge is 2.40. The molecule has 1 atom stereocenters. The average molecular weight is 510 g/mol. The third kappa shape index (κ3) is 6.31. The van der Waals surface area contributed by atoms with E-state index < -0.39 is 11.2 Å². The van der Waals surface area contributed by atoms with Crippen molar-refractivity contribution in [1.29, 1.82) is 5.26 Å². The Morgan fingerprint density at radius 1 is 0.946 bits per heavy atom. The summed E-state index contributed by atoms with van der Waals surface area (Å²) < 4.78 is 0. The molecular weight excluding hydrogens is 478 g/mol. The first-order valence-corrected chi connectivity index (χ1v) is 13.6. The van der Waals surface area contributed by atoms with Crippen LogP contribution in [0.2, 0.25) is 0 Å². The smallest absolute Gasteiger partial charge is 0.269 e. The van der Waals surface area contributed by atoms with Crippen LogP contribution in [0.15, 0.2) is 89.5 Å². The third-order valence-corrected chi connectivity index (χ3v) is 7.67. The van der Waals surface area contributed by atoms with Gasteiger partial charge in [-0.05, 0) is 66.6 Å². The van der Waals surface area contributed by atoms with Gasteiger partial charge in [0.25, 0.3) is 5.91 Å². The van der Waals surface area contributed by atoms with Gasteiger partial charge in [0, 0.05) is 11.4 Å². The Morgan fingerprint density at radius 2 is 1.59 bits per heavy atom. The number of hydrogen-bond acceptors (Lipinski definition) is 4. The minimum atomic E-state index is -0.528. The predicted molar refractivity (Wildman–Crippen MR) is 151 cm³/mol. The largest absolute Gasteiger partial charge is 0.321 e. The van der Waals surface area contributed by atoms with E-state index >= 15 is 0 Å². The van der Waals surface area contributed by atoms with E-state index in [1.807, 2.05) is 42.5 Å². The van der Waals surface area contributed by atoms with Gasteiger partial charge >= 0.3 is 0 Å². The Labute approximate surface area is 223 Å². The van der Waals surface area contributed by atoms with Gasteiger partial charge in [-0.2, -0.15) is 5.26 Å². The molecule has 1 unspecified atom stereocenters. The van der Waals surface area contributed by atoms with Gasteiger partial charge in [-0.15, -0.1) is 0 Å². The molecule has 6 heteroatoms. The van der Waals surface area contributed by atoms with E-state index in [-0.39, 0.29) is 11.5 Å². The lowest BCUT2D eigenvalue weighted by molar-refractivity contribution is -0.117. The molecule has 0 radical (unpaired) electrons. The summed E-state index contributed by atoms with van der Waals surface area (Å²) >= 11 is 1.29. The van der Waals surface area contributed by atoms with Crippen molar-refractivity contribution in [2.45, 2.75) is 51.2 Å². The zero-order valence-corrected chi connectivity index (χ0v) is 22.1. The number of rotatable bonds is 9. The highest BCUT2D eigenvalue weighted by molar-refractivity contribution is 8.05. The van der Waals surface area contributed by atoms with Crippen LogP contribution in [-0.4, -0.2) is 17.1 Å². The van der Waals surface area contributed by atoms with Gasteiger partial charge < -0.3 is 5.32 Å². The topological polar surface area (TPSA) is 73.2 Å². The molecule has 37 heavy (non-hydrogen) atoms. The second kappa shape index (κ2) is 12.4. The SMILES string of the molecule is CCCCc1ccc(CC2S/C(=C(/C#N)C(=O)Nc3ccccc3)N(c3ccc(CC)cc3)C2=O)cc1. The fourth-order valence-electron chi connectivity index (χ4n) is 4.25. The summed E-state index contributed by atoms with van der Waals surface area (Å²) in [6.45, 7) is 4.25. The first-order valence-electron chi connectivity index (χ1n) is 12.7. The van der Waals surface area contributed by atoms with Gasteiger partial charge in [0.2, 0.25) is 5.91 Å². The third-order valence-electron chi connectivity index (χ3n) is 6.40. The summed E-state index contributed by atoms with van der Waals surface area (Å²) in [7, 11) is 0. The molecule has 0 aliphatic carbocycles. The van der Waals surface area contributed by atoms with Crippen molar-refractivity contribution in [3.8, 4) is 6.07 Å². The summed E-state index contributed by atoms with van der Waals surface area (Å²) in [4.78, 5) is 28.4. The lowest BCUT2D eigenvalue weighted by Crippen LogP contribution is -2.31. The minimum Gasteiger partial charge on any atom is -0.321 e. The maximum Gasteiger partial charge on any atom is 0.269 e. The van der Waals surface area contributed by atoms with Crippen molar-refractivity contribution in [3.63, 3.8) is 0 Å². The van der Waals surface area contributed by atoms with Gasteiger partial charge in [-0.3, -0.25) is 14.5 Å². The van der Waals surface area contributed by atoms with Gasteiger partial charge in [0.15, 0.2) is 0 Å². The Hall–Kier alpha value is -3.82. The van der Waals surface area contributed by atoms with Crippen LogP contribution in [0.25, 0.3) is 0 Å². The van der Waals surface area contributed by atoms with Crippen molar-refractivity contribution in [2.75, 3.05) is 10.2 Å². The van der Waals surface area contributed by atoms with Crippen LogP contribution < -0.4 is 10.2 Å². The van der Waals surface area contributed by atoms with Crippen LogP contribution in [0, 0.1) is 11.3 Å². The van der Waals surface area contributed by atoms with Gasteiger partial charge in [0.1, 0.15) is 16.7 Å². The van der Waals surface area contributed by atoms with Crippen molar-refractivity contribution in [3.05, 3.63) is 106 Å². The molecule has 1 aliphatic rings. The molecule has 0 aromatic heterocycles. The first-order chi connectivity index (χ1) is 18.0. The Kier molecular flexibility index (Phi) is 8.81. The Morgan fingerprint density at radius 3 is 2.22 bits per heavy atom. The number of nitrogens with zero attached hydrogens (tertiary/aromatic N) is 2. The van der Waals surface area contributed by atoms with E-state index in [9.17, 15) is 14.9 Å². The van der Waals surface area contributed by atoms with Crippen LogP contribution >= 0.6 is 11.8 Å². The number of aryl methyl sites for hydroxylation is 2. The number of amides is 2. The molecule has 1 fully saturated rings. The normalized spacial score (nSPS) is 16.4. The second-order valence-electron chi connectivity index (χ2n) is 9.04. The predicted octanol–water partition coefficient (Wildman–Crippen LogP) is 6.66. The van der Waals surface area contributed by atoms with Gasteiger partial charge in [0.05, 0.1) is 5.25 Å². The number of hydrogen-bond donors (Lipinski definition) is 1. The number of unbranched alkanes of at least 4 members (excludes halogenated alkanes) is 1. The number of nitrogens with one attached hydrogen (secondary N) is 1. The number of benzene rings is 3. The molecule has 3 aromatic carbocycles. The molecule has 5 nitrogen and oxygen atoms in total. The summed E-state index contributed by atoms with van der Waals surface area (Å²) in [6.07, 6.45) is 4.75.